The molecule has 1 aliphatic heterocycles. The number of sulfonamides is 1. The second kappa shape index (κ2) is 9.81. The number of nitrogens with zero attached hydrogens (tertiary/aromatic N) is 3. The number of carbonyl (C=O) groups excluding carboxylic acids is 2. The van der Waals surface area contributed by atoms with Gasteiger partial charge in [0.05, 0.1) is 11.4 Å². The van der Waals surface area contributed by atoms with Crippen LogP contribution in [0.1, 0.15) is 16.8 Å². The summed E-state index contributed by atoms with van der Waals surface area (Å²) in [5.74, 6) is -0.175. The summed E-state index contributed by atoms with van der Waals surface area (Å²) in [5, 5.41) is 0. The fourth-order valence-corrected chi connectivity index (χ4v) is 3.94. The van der Waals surface area contributed by atoms with Crippen molar-refractivity contribution in [1.82, 2.24) is 19.4 Å². The van der Waals surface area contributed by atoms with Gasteiger partial charge in [-0.25, -0.2) is 13.1 Å². The standard InChI is InChI=1S/C19H28N4O4S/c1-4-9-20-28(26,27)17-8-5-7-16(14-17)19(25)23-11-6-10-22(12-13-23)15-18(24)21(2)3/h4-5,7-8,14,20H,1,6,9-13,15H2,2-3H3. The molecule has 0 spiro atoms. The second-order valence-electron chi connectivity index (χ2n) is 6.88. The van der Waals surface area contributed by atoms with Crippen molar-refractivity contribution in [2.24, 2.45) is 0 Å². The molecule has 0 aromatic heterocycles. The minimum absolute atomic E-state index is 0.0321. The summed E-state index contributed by atoms with van der Waals surface area (Å²) in [6.45, 7) is 6.34. The van der Waals surface area contributed by atoms with E-state index in [4.69, 9.17) is 0 Å². The Morgan fingerprint density at radius 3 is 2.64 bits per heavy atom. The molecule has 1 aromatic rings. The van der Waals surface area contributed by atoms with E-state index in [-0.39, 0.29) is 23.3 Å². The van der Waals surface area contributed by atoms with Crippen molar-refractivity contribution in [2.45, 2.75) is 11.3 Å². The summed E-state index contributed by atoms with van der Waals surface area (Å²) in [4.78, 5) is 30.1. The maximum Gasteiger partial charge on any atom is 0.253 e. The molecule has 0 atom stereocenters. The fourth-order valence-electron chi connectivity index (χ4n) is 2.90. The average molecular weight is 409 g/mol. The topological polar surface area (TPSA) is 90.0 Å². The van der Waals surface area contributed by atoms with Crippen molar-refractivity contribution in [2.75, 3.05) is 53.4 Å². The number of hydrogen-bond donors (Lipinski definition) is 1. The van der Waals surface area contributed by atoms with Crippen LogP contribution in [0.15, 0.2) is 41.8 Å². The molecule has 1 heterocycles. The van der Waals surface area contributed by atoms with Crippen molar-refractivity contribution in [1.29, 1.82) is 0 Å². The first kappa shape index (κ1) is 22.1. The normalized spacial score (nSPS) is 15.7. The molecule has 1 aliphatic rings. The Hall–Kier alpha value is -2.23. The number of nitrogens with one attached hydrogen (secondary N) is 1. The molecule has 0 radical (unpaired) electrons. The SMILES string of the molecule is C=CCNS(=O)(=O)c1cccc(C(=O)N2CCCN(CC(=O)N(C)C)CC2)c1. The van der Waals surface area contributed by atoms with Gasteiger partial charge in [0.15, 0.2) is 0 Å². The van der Waals surface area contributed by atoms with E-state index in [1.54, 1.807) is 36.0 Å². The molecule has 9 heteroatoms. The Kier molecular flexibility index (Phi) is 7.73. The maximum absolute atomic E-state index is 12.9. The Bertz CT molecular complexity index is 823. The van der Waals surface area contributed by atoms with Crippen molar-refractivity contribution in [3.8, 4) is 0 Å². The molecule has 1 aromatic carbocycles. The van der Waals surface area contributed by atoms with Crippen LogP contribution in [0, 0.1) is 0 Å². The van der Waals surface area contributed by atoms with Gasteiger partial charge in [-0.05, 0) is 24.6 Å². The van der Waals surface area contributed by atoms with E-state index >= 15 is 0 Å². The summed E-state index contributed by atoms with van der Waals surface area (Å²) >= 11 is 0. The molecule has 2 rings (SSSR count). The van der Waals surface area contributed by atoms with E-state index in [0.29, 0.717) is 31.7 Å². The average Bonchev–Trinajstić information content (AvgIpc) is 2.91. The van der Waals surface area contributed by atoms with Crippen LogP contribution in [0.2, 0.25) is 0 Å². The molecular weight excluding hydrogens is 380 g/mol. The summed E-state index contributed by atoms with van der Waals surface area (Å²) in [7, 11) is -0.243. The quantitative estimate of drug-likeness (QED) is 0.659. The van der Waals surface area contributed by atoms with Gasteiger partial charge in [0.2, 0.25) is 15.9 Å². The van der Waals surface area contributed by atoms with Gasteiger partial charge in [0, 0.05) is 52.4 Å². The first-order valence-electron chi connectivity index (χ1n) is 9.17. The number of carbonyl (C=O) groups is 2. The van der Waals surface area contributed by atoms with Gasteiger partial charge in [-0.3, -0.25) is 14.5 Å². The van der Waals surface area contributed by atoms with Crippen LogP contribution >= 0.6 is 0 Å². The molecule has 154 valence electrons. The lowest BCUT2D eigenvalue weighted by molar-refractivity contribution is -0.129. The molecule has 1 saturated heterocycles. The van der Waals surface area contributed by atoms with Gasteiger partial charge < -0.3 is 9.80 Å². The fraction of sp³-hybridized carbons (Fsp3) is 0.474. The van der Waals surface area contributed by atoms with Crippen molar-refractivity contribution in [3.05, 3.63) is 42.5 Å². The largest absolute Gasteiger partial charge is 0.348 e. The highest BCUT2D eigenvalue weighted by molar-refractivity contribution is 7.89. The van der Waals surface area contributed by atoms with Crippen molar-refractivity contribution >= 4 is 21.8 Å². The van der Waals surface area contributed by atoms with Crippen molar-refractivity contribution < 1.29 is 18.0 Å². The molecular formula is C19H28N4O4S. The number of rotatable bonds is 7. The predicted octanol–water partition coefficient (Wildman–Crippen LogP) is 0.387. The third-order valence-electron chi connectivity index (χ3n) is 4.54. The van der Waals surface area contributed by atoms with Gasteiger partial charge in [-0.15, -0.1) is 6.58 Å². The van der Waals surface area contributed by atoms with Crippen LogP contribution in [-0.2, 0) is 14.8 Å². The Balaban J connectivity index is 2.07. The molecule has 0 saturated carbocycles. The summed E-state index contributed by atoms with van der Waals surface area (Å²) < 4.78 is 26.9. The lowest BCUT2D eigenvalue weighted by Crippen LogP contribution is -2.39. The van der Waals surface area contributed by atoms with E-state index < -0.39 is 10.0 Å². The molecule has 28 heavy (non-hydrogen) atoms. The molecule has 8 nitrogen and oxygen atoms in total. The first-order valence-corrected chi connectivity index (χ1v) is 10.7. The lowest BCUT2D eigenvalue weighted by Gasteiger charge is -2.23. The Labute approximate surface area is 166 Å². The molecule has 0 bridgehead atoms. The van der Waals surface area contributed by atoms with Gasteiger partial charge >= 0.3 is 0 Å². The highest BCUT2D eigenvalue weighted by Crippen LogP contribution is 2.15. The molecule has 0 aliphatic carbocycles. The molecule has 2 amide bonds. The minimum Gasteiger partial charge on any atom is -0.348 e. The summed E-state index contributed by atoms with van der Waals surface area (Å²) in [6, 6.07) is 6.04. The zero-order valence-corrected chi connectivity index (χ0v) is 17.2. The van der Waals surface area contributed by atoms with Crippen LogP contribution in [-0.4, -0.2) is 88.3 Å². The molecule has 0 unspecified atom stereocenters. The third kappa shape index (κ3) is 5.88. The van der Waals surface area contributed by atoms with Gasteiger partial charge in [-0.2, -0.15) is 0 Å². The third-order valence-corrected chi connectivity index (χ3v) is 5.96. The van der Waals surface area contributed by atoms with Crippen LogP contribution in [0.5, 0.6) is 0 Å². The second-order valence-corrected chi connectivity index (χ2v) is 8.65. The van der Waals surface area contributed by atoms with Crippen molar-refractivity contribution in [3.63, 3.8) is 0 Å². The lowest BCUT2D eigenvalue weighted by atomic mass is 10.2. The smallest absolute Gasteiger partial charge is 0.253 e. The first-order chi connectivity index (χ1) is 13.2. The van der Waals surface area contributed by atoms with Gasteiger partial charge in [0.1, 0.15) is 0 Å². The van der Waals surface area contributed by atoms with Gasteiger partial charge in [-0.1, -0.05) is 12.1 Å². The highest BCUT2D eigenvalue weighted by Gasteiger charge is 2.23. The number of benzene rings is 1. The predicted molar refractivity (Wildman–Crippen MR) is 107 cm³/mol. The van der Waals surface area contributed by atoms with Crippen LogP contribution in [0.3, 0.4) is 0 Å². The Morgan fingerprint density at radius 1 is 1.21 bits per heavy atom. The zero-order valence-electron chi connectivity index (χ0n) is 16.4. The Morgan fingerprint density at radius 2 is 1.96 bits per heavy atom. The molecule has 1 fully saturated rings. The number of amides is 2. The molecule has 1 N–H and O–H groups in total. The summed E-state index contributed by atoms with van der Waals surface area (Å²) in [6.07, 6.45) is 2.21. The van der Waals surface area contributed by atoms with E-state index in [1.807, 2.05) is 4.90 Å². The highest BCUT2D eigenvalue weighted by atomic mass is 32.2. The van der Waals surface area contributed by atoms with E-state index in [9.17, 15) is 18.0 Å². The van der Waals surface area contributed by atoms with Gasteiger partial charge in [0.25, 0.3) is 5.91 Å². The van der Waals surface area contributed by atoms with E-state index in [2.05, 4.69) is 11.3 Å². The van der Waals surface area contributed by atoms with E-state index in [1.165, 1.54) is 18.2 Å². The zero-order chi connectivity index (χ0) is 20.7. The van der Waals surface area contributed by atoms with Crippen LogP contribution in [0.25, 0.3) is 0 Å². The minimum atomic E-state index is -3.69. The number of likely N-dealkylation sites (N-methyl/N-ethyl adjacent to an activating group) is 1. The van der Waals surface area contributed by atoms with E-state index in [0.717, 1.165) is 13.0 Å². The maximum atomic E-state index is 12.9. The monoisotopic (exact) mass is 408 g/mol. The van der Waals surface area contributed by atoms with Crippen LogP contribution in [0.4, 0.5) is 0 Å². The summed E-state index contributed by atoms with van der Waals surface area (Å²) in [5.41, 5.74) is 0.333. The number of hydrogen-bond acceptors (Lipinski definition) is 5. The van der Waals surface area contributed by atoms with Crippen LogP contribution < -0.4 is 4.72 Å².